The third-order valence-electron chi connectivity index (χ3n) is 16.4. The van der Waals surface area contributed by atoms with E-state index in [2.05, 4.69) is 15.6 Å². The number of nitrogens with one attached hydrogen (secondary N) is 2. The average Bonchev–Trinajstić information content (AvgIpc) is 4.19. The van der Waals surface area contributed by atoms with Crippen molar-refractivity contribution in [1.29, 1.82) is 0 Å². The number of carbonyl (C=O) groups excluding carboxylic acids is 8. The van der Waals surface area contributed by atoms with Crippen molar-refractivity contribution in [2.45, 2.75) is 90.4 Å². The van der Waals surface area contributed by atoms with Gasteiger partial charge in [0.25, 0.3) is 0 Å². The van der Waals surface area contributed by atoms with E-state index in [0.29, 0.717) is 72.9 Å². The van der Waals surface area contributed by atoms with Crippen molar-refractivity contribution in [2.24, 2.45) is 59.2 Å². The second-order valence-corrected chi connectivity index (χ2v) is 21.0. The highest BCUT2D eigenvalue weighted by Crippen LogP contribution is 2.54. The molecule has 4 aliphatic carbocycles. The minimum absolute atomic E-state index is 0.0351. The summed E-state index contributed by atoms with van der Waals surface area (Å²) in [6.07, 6.45) is 13.5. The Bertz CT molecular complexity index is 2480. The number of benzene rings is 2. The van der Waals surface area contributed by atoms with E-state index in [-0.39, 0.29) is 82.8 Å². The van der Waals surface area contributed by atoms with Gasteiger partial charge in [0, 0.05) is 35.6 Å². The van der Waals surface area contributed by atoms with Crippen LogP contribution in [0.5, 0.6) is 0 Å². The number of likely N-dealkylation sites (tertiary alicyclic amines) is 4. The molecule has 0 spiro atoms. The van der Waals surface area contributed by atoms with Crippen molar-refractivity contribution < 1.29 is 42.8 Å². The smallest absolute Gasteiger partial charge is 0.247 e. The first kappa shape index (κ1) is 44.8. The number of nitrogens with zero attached hydrogens (tertiary/aromatic N) is 5. The van der Waals surface area contributed by atoms with Crippen LogP contribution in [0.25, 0.3) is 22.8 Å². The molecule has 4 aliphatic heterocycles. The van der Waals surface area contributed by atoms with Gasteiger partial charge in [0.2, 0.25) is 53.1 Å². The summed E-state index contributed by atoms with van der Waals surface area (Å²) >= 11 is 0. The Morgan fingerprint density at radius 2 is 0.942 bits per heavy atom. The molecule has 69 heavy (non-hydrogen) atoms. The van der Waals surface area contributed by atoms with Gasteiger partial charge in [0.05, 0.1) is 29.9 Å². The van der Waals surface area contributed by atoms with Crippen molar-refractivity contribution in [3.8, 4) is 22.8 Å². The normalized spacial score (nSPS) is 30.4. The van der Waals surface area contributed by atoms with Crippen molar-refractivity contribution in [3.05, 3.63) is 79.0 Å². The molecule has 358 valence electrons. The van der Waals surface area contributed by atoms with Crippen LogP contribution in [0.2, 0.25) is 0 Å². The van der Waals surface area contributed by atoms with Crippen LogP contribution in [0, 0.1) is 59.2 Å². The van der Waals surface area contributed by atoms with Crippen LogP contribution in [-0.4, -0.2) is 109 Å². The number of oxazole rings is 1. The fourth-order valence-corrected chi connectivity index (χ4v) is 13.1. The van der Waals surface area contributed by atoms with Gasteiger partial charge in [-0.05, 0) is 123 Å². The van der Waals surface area contributed by atoms with Crippen LogP contribution >= 0.6 is 0 Å². The summed E-state index contributed by atoms with van der Waals surface area (Å²) in [4.78, 5) is 121. The van der Waals surface area contributed by atoms with E-state index in [0.717, 1.165) is 12.8 Å². The minimum Gasteiger partial charge on any atom is -0.436 e. The van der Waals surface area contributed by atoms with Gasteiger partial charge in [-0.3, -0.25) is 48.2 Å². The summed E-state index contributed by atoms with van der Waals surface area (Å²) in [5.41, 5.74) is 2.41. The largest absolute Gasteiger partial charge is 0.436 e. The van der Waals surface area contributed by atoms with Crippen LogP contribution in [0.1, 0.15) is 66.2 Å². The van der Waals surface area contributed by atoms with Gasteiger partial charge < -0.3 is 24.9 Å². The molecule has 8 amide bonds. The summed E-state index contributed by atoms with van der Waals surface area (Å²) < 4.78 is 6.13. The summed E-state index contributed by atoms with van der Waals surface area (Å²) in [7, 11) is 0. The van der Waals surface area contributed by atoms with Crippen molar-refractivity contribution in [1.82, 2.24) is 24.6 Å². The molecule has 5 heterocycles. The standard InChI is InChI=1S/C53H57N7O9/c1-26(2)43(59-48(63)39-30-9-10-31(23-30)40(39)49(59)64)52(67)57-21-5-7-36(57)45(61)55-34-17-13-28(14-18-34)38-25-54-47(69-38)29-15-19-35(20-16-29)56-46(62)37-8-6-22-58(37)53(68)44(27(3)4)60-50(65)41-32-11-12-33(24-32)42(41)51(60)66/h9-20,25-27,30-33,36-37,39-44H,5-8,21-24H2,1-4H3,(H,55,61)(H,56,62)/t30?,31?,32?,33?,36-,37-,39?,40?,41?,42?,43?,44?/m0/s1. The third-order valence-corrected chi connectivity index (χ3v) is 16.4. The number of anilines is 2. The molecule has 0 radical (unpaired) electrons. The van der Waals surface area contributed by atoms with Gasteiger partial charge in [-0.25, -0.2) is 4.98 Å². The Hall–Kier alpha value is -6.71. The summed E-state index contributed by atoms with van der Waals surface area (Å²) in [6, 6.07) is 10.6. The SMILES string of the molecule is CC(C)C(C(=O)N1CCC[C@H]1C(=O)Nc1ccc(-c2cnc(-c3ccc(NC(=O)[C@@H]4CCCN4C(=O)C(C(C)C)N4C(=O)C5C6C=CC(C6)C5C4=O)cc3)o2)cc1)N1C(=O)C2C3C=CC(C3)C2C1=O. The fraction of sp³-hybridized carbons (Fsp3) is 0.491. The van der Waals surface area contributed by atoms with Gasteiger partial charge >= 0.3 is 0 Å². The molecule has 6 fully saturated rings. The first-order chi connectivity index (χ1) is 33.2. The van der Waals surface area contributed by atoms with E-state index in [9.17, 15) is 38.4 Å². The molecular formula is C53H57N7O9. The predicted molar refractivity (Wildman–Crippen MR) is 250 cm³/mol. The Balaban J connectivity index is 0.700. The summed E-state index contributed by atoms with van der Waals surface area (Å²) in [5.74, 6) is -3.80. The van der Waals surface area contributed by atoms with Crippen LogP contribution in [0.15, 0.2) is 83.4 Å². The highest BCUT2D eigenvalue weighted by Gasteiger charge is 2.63. The van der Waals surface area contributed by atoms with E-state index in [1.54, 1.807) is 54.7 Å². The molecule has 10 unspecified atom stereocenters. The first-order valence-electron chi connectivity index (χ1n) is 24.7. The maximum absolute atomic E-state index is 14.2. The summed E-state index contributed by atoms with van der Waals surface area (Å²) in [6.45, 7) is 8.05. The lowest BCUT2D eigenvalue weighted by Crippen LogP contribution is -2.56. The Kier molecular flexibility index (Phi) is 11.1. The highest BCUT2D eigenvalue weighted by molar-refractivity contribution is 6.11. The van der Waals surface area contributed by atoms with E-state index in [4.69, 9.17) is 4.42 Å². The van der Waals surface area contributed by atoms with Crippen LogP contribution in [-0.2, 0) is 38.4 Å². The quantitative estimate of drug-likeness (QED) is 0.172. The van der Waals surface area contributed by atoms with Crippen molar-refractivity contribution in [2.75, 3.05) is 23.7 Å². The third kappa shape index (κ3) is 7.26. The van der Waals surface area contributed by atoms with Crippen molar-refractivity contribution >= 4 is 58.6 Å². The lowest BCUT2D eigenvalue weighted by molar-refractivity contribution is -0.155. The Labute approximate surface area is 399 Å². The molecule has 12 atom stereocenters. The molecule has 1 aromatic heterocycles. The first-order valence-corrected chi connectivity index (χ1v) is 24.7. The molecule has 16 nitrogen and oxygen atoms in total. The monoisotopic (exact) mass is 935 g/mol. The number of rotatable bonds is 12. The molecule has 2 saturated carbocycles. The fourth-order valence-electron chi connectivity index (χ4n) is 13.1. The second kappa shape index (κ2) is 17.1. The highest BCUT2D eigenvalue weighted by atomic mass is 16.4. The second-order valence-electron chi connectivity index (χ2n) is 21.0. The lowest BCUT2D eigenvalue weighted by Gasteiger charge is -2.34. The van der Waals surface area contributed by atoms with Crippen LogP contribution in [0.3, 0.4) is 0 Å². The Morgan fingerprint density at radius 1 is 0.565 bits per heavy atom. The predicted octanol–water partition coefficient (Wildman–Crippen LogP) is 5.53. The van der Waals surface area contributed by atoms with Crippen molar-refractivity contribution in [3.63, 3.8) is 0 Å². The number of carbonyl (C=O) groups is 8. The van der Waals surface area contributed by atoms with Gasteiger partial charge in [-0.1, -0.05) is 52.0 Å². The zero-order chi connectivity index (χ0) is 48.2. The zero-order valence-corrected chi connectivity index (χ0v) is 39.2. The number of amides is 8. The van der Waals surface area contributed by atoms with E-state index >= 15 is 0 Å². The lowest BCUT2D eigenvalue weighted by atomic mass is 9.85. The molecule has 11 rings (SSSR count). The van der Waals surface area contributed by atoms with Gasteiger partial charge in [0.15, 0.2) is 5.76 Å². The topological polar surface area (TPSA) is 200 Å². The molecule has 16 heteroatoms. The number of hydrogen-bond acceptors (Lipinski definition) is 10. The van der Waals surface area contributed by atoms with E-state index in [1.165, 1.54) is 19.6 Å². The zero-order valence-electron chi connectivity index (χ0n) is 39.2. The number of fused-ring (bicyclic) bond motifs is 10. The summed E-state index contributed by atoms with van der Waals surface area (Å²) in [5, 5.41) is 5.90. The maximum Gasteiger partial charge on any atom is 0.247 e. The molecule has 4 bridgehead atoms. The van der Waals surface area contributed by atoms with Crippen LogP contribution in [0.4, 0.5) is 11.4 Å². The number of allylic oxidation sites excluding steroid dienone is 4. The molecule has 3 aromatic rings. The van der Waals surface area contributed by atoms with Gasteiger partial charge in [-0.15, -0.1) is 0 Å². The number of imide groups is 2. The Morgan fingerprint density at radius 3 is 1.32 bits per heavy atom. The molecule has 2 N–H and O–H groups in total. The van der Waals surface area contributed by atoms with Crippen LogP contribution < -0.4 is 10.6 Å². The number of aromatic nitrogens is 1. The molecule has 4 saturated heterocycles. The van der Waals surface area contributed by atoms with E-state index in [1.807, 2.05) is 52.0 Å². The van der Waals surface area contributed by atoms with E-state index < -0.39 is 47.8 Å². The minimum atomic E-state index is -0.972. The molecule has 2 aromatic carbocycles. The molecular weight excluding hydrogens is 879 g/mol. The maximum atomic E-state index is 14.2. The van der Waals surface area contributed by atoms with Gasteiger partial charge in [0.1, 0.15) is 24.2 Å². The average molecular weight is 936 g/mol. The molecule has 8 aliphatic rings. The number of hydrogen-bond donors (Lipinski definition) is 2. The van der Waals surface area contributed by atoms with Gasteiger partial charge in [-0.2, -0.15) is 0 Å².